The van der Waals surface area contributed by atoms with Crippen LogP contribution in [0.1, 0.15) is 104 Å². The van der Waals surface area contributed by atoms with Gasteiger partial charge in [0.1, 0.15) is 0 Å². The van der Waals surface area contributed by atoms with Crippen molar-refractivity contribution in [2.45, 2.75) is 110 Å². The van der Waals surface area contributed by atoms with E-state index < -0.39 is 11.9 Å². The average Bonchev–Trinajstić information content (AvgIpc) is 2.80. The van der Waals surface area contributed by atoms with Crippen LogP contribution in [-0.2, 0) is 14.3 Å². The molecule has 0 aromatic heterocycles. The van der Waals surface area contributed by atoms with E-state index in [1.807, 2.05) is 6.92 Å². The number of esters is 2. The summed E-state index contributed by atoms with van der Waals surface area (Å²) < 4.78 is 4.60. The van der Waals surface area contributed by atoms with Crippen LogP contribution in [0.2, 0.25) is 0 Å². The minimum Gasteiger partial charge on any atom is -0.393 e. The summed E-state index contributed by atoms with van der Waals surface area (Å²) in [6.45, 7) is 3.54. The number of hydrogen-bond donors (Lipinski definition) is 1. The van der Waals surface area contributed by atoms with E-state index in [0.29, 0.717) is 17.6 Å². The van der Waals surface area contributed by atoms with Gasteiger partial charge in [-0.3, -0.25) is 0 Å². The van der Waals surface area contributed by atoms with Gasteiger partial charge in [-0.15, -0.1) is 0 Å². The van der Waals surface area contributed by atoms with Gasteiger partial charge in [0.25, 0.3) is 0 Å². The molecule has 1 atom stereocenters. The van der Waals surface area contributed by atoms with Crippen LogP contribution in [0.3, 0.4) is 0 Å². The smallest absolute Gasteiger partial charge is 0.342 e. The van der Waals surface area contributed by atoms with Crippen molar-refractivity contribution in [3.63, 3.8) is 0 Å². The van der Waals surface area contributed by atoms with E-state index in [0.717, 1.165) is 25.7 Å². The summed E-state index contributed by atoms with van der Waals surface area (Å²) >= 11 is 0. The van der Waals surface area contributed by atoms with Gasteiger partial charge in [-0.2, -0.15) is 0 Å². The van der Waals surface area contributed by atoms with Gasteiger partial charge < -0.3 is 9.84 Å². The van der Waals surface area contributed by atoms with Gasteiger partial charge in [0.05, 0.1) is 6.10 Å². The molecule has 0 fully saturated rings. The van der Waals surface area contributed by atoms with Crippen molar-refractivity contribution in [3.05, 3.63) is 11.1 Å². The number of aliphatic hydroxyl groups is 1. The van der Waals surface area contributed by atoms with E-state index in [1.165, 1.54) is 57.8 Å². The molecule has 0 spiro atoms. The molecule has 0 unspecified atom stereocenters. The lowest BCUT2D eigenvalue weighted by atomic mass is 10.0. The number of cyclic esters (lactones) is 2. The minimum absolute atomic E-state index is 0.143. The largest absolute Gasteiger partial charge is 0.393 e. The van der Waals surface area contributed by atoms with Crippen LogP contribution < -0.4 is 0 Å². The highest BCUT2D eigenvalue weighted by molar-refractivity contribution is 6.11. The van der Waals surface area contributed by atoms with Gasteiger partial charge in [-0.05, 0) is 33.1 Å². The SMILES string of the molecule is CC1=C(CCCCCCCCCCCCCC[C@@H](C)O)C(=O)OC1=O. The second kappa shape index (κ2) is 13.1. The first-order chi connectivity index (χ1) is 12.0. The van der Waals surface area contributed by atoms with Gasteiger partial charge in [0.15, 0.2) is 0 Å². The van der Waals surface area contributed by atoms with Crippen LogP contribution in [0, 0.1) is 0 Å². The first-order valence-electron chi connectivity index (χ1n) is 10.2. The Balaban J connectivity index is 1.84. The number of hydrogen-bond acceptors (Lipinski definition) is 4. The molecule has 4 nitrogen and oxygen atoms in total. The molecule has 4 heteroatoms. The zero-order valence-electron chi connectivity index (χ0n) is 16.1. The Morgan fingerprint density at radius 2 is 1.20 bits per heavy atom. The molecule has 1 aliphatic heterocycles. The first-order valence-corrected chi connectivity index (χ1v) is 10.2. The monoisotopic (exact) mass is 352 g/mol. The molecule has 1 heterocycles. The molecule has 0 aromatic rings. The third kappa shape index (κ3) is 9.78. The zero-order chi connectivity index (χ0) is 18.5. The summed E-state index contributed by atoms with van der Waals surface area (Å²) in [4.78, 5) is 22.7. The van der Waals surface area contributed by atoms with E-state index in [1.54, 1.807) is 6.92 Å². The van der Waals surface area contributed by atoms with Crippen molar-refractivity contribution in [2.24, 2.45) is 0 Å². The fourth-order valence-electron chi connectivity index (χ4n) is 3.30. The molecule has 25 heavy (non-hydrogen) atoms. The third-order valence-corrected chi connectivity index (χ3v) is 4.99. The van der Waals surface area contributed by atoms with Crippen LogP contribution in [0.4, 0.5) is 0 Å². The Hall–Kier alpha value is -1.16. The van der Waals surface area contributed by atoms with Gasteiger partial charge in [0, 0.05) is 11.1 Å². The van der Waals surface area contributed by atoms with Crippen molar-refractivity contribution in [1.29, 1.82) is 0 Å². The molecule has 1 aliphatic rings. The molecule has 144 valence electrons. The quantitative estimate of drug-likeness (QED) is 0.249. The normalized spacial score (nSPS) is 15.8. The Labute approximate surface area is 153 Å². The van der Waals surface area contributed by atoms with Gasteiger partial charge in [-0.1, -0.05) is 70.6 Å². The molecule has 0 radical (unpaired) electrons. The average molecular weight is 353 g/mol. The zero-order valence-corrected chi connectivity index (χ0v) is 16.1. The topological polar surface area (TPSA) is 63.6 Å². The first kappa shape index (κ1) is 21.9. The summed E-state index contributed by atoms with van der Waals surface area (Å²) in [6, 6.07) is 0. The molecule has 0 bridgehead atoms. The Morgan fingerprint density at radius 3 is 1.60 bits per heavy atom. The lowest BCUT2D eigenvalue weighted by Gasteiger charge is -2.04. The van der Waals surface area contributed by atoms with Gasteiger partial charge in [0.2, 0.25) is 0 Å². The molecule has 0 saturated heterocycles. The highest BCUT2D eigenvalue weighted by atomic mass is 16.6. The van der Waals surface area contributed by atoms with E-state index in [2.05, 4.69) is 4.74 Å². The maximum atomic E-state index is 11.5. The van der Waals surface area contributed by atoms with Crippen molar-refractivity contribution in [1.82, 2.24) is 0 Å². The number of ether oxygens (including phenoxy) is 1. The van der Waals surface area contributed by atoms with Crippen LogP contribution in [0.25, 0.3) is 0 Å². The number of rotatable bonds is 15. The van der Waals surface area contributed by atoms with E-state index in [4.69, 9.17) is 0 Å². The third-order valence-electron chi connectivity index (χ3n) is 4.99. The highest BCUT2D eigenvalue weighted by Gasteiger charge is 2.28. The standard InChI is InChI=1S/C21H36O4/c1-17(22)15-13-11-9-7-5-3-4-6-8-10-12-14-16-19-18(2)20(23)25-21(19)24/h17,22H,3-16H2,1-2H3/t17-/m1/s1. The summed E-state index contributed by atoms with van der Waals surface area (Å²) in [7, 11) is 0. The van der Waals surface area contributed by atoms with Crippen LogP contribution in [0.15, 0.2) is 11.1 Å². The number of carbonyl (C=O) groups excluding carboxylic acids is 2. The Bertz CT molecular complexity index is 437. The summed E-state index contributed by atoms with van der Waals surface area (Å²) in [6.07, 6.45) is 16.3. The molecular formula is C21H36O4. The van der Waals surface area contributed by atoms with E-state index in [-0.39, 0.29) is 6.10 Å². The minimum atomic E-state index is -0.469. The Morgan fingerprint density at radius 1 is 0.760 bits per heavy atom. The molecule has 1 rings (SSSR count). The van der Waals surface area contributed by atoms with Crippen LogP contribution >= 0.6 is 0 Å². The van der Waals surface area contributed by atoms with E-state index >= 15 is 0 Å². The second-order valence-corrected chi connectivity index (χ2v) is 7.41. The predicted octanol–water partition coefficient (Wildman–Crippen LogP) is 5.23. The molecule has 0 amide bonds. The van der Waals surface area contributed by atoms with Crippen LogP contribution in [-0.4, -0.2) is 23.1 Å². The second-order valence-electron chi connectivity index (χ2n) is 7.41. The number of aliphatic hydroxyl groups excluding tert-OH is 1. The van der Waals surface area contributed by atoms with Crippen molar-refractivity contribution < 1.29 is 19.4 Å². The lowest BCUT2D eigenvalue weighted by Crippen LogP contribution is -2.02. The van der Waals surface area contributed by atoms with E-state index in [9.17, 15) is 14.7 Å². The Kier molecular flexibility index (Phi) is 11.5. The summed E-state index contributed by atoms with van der Waals surface area (Å²) in [5, 5.41) is 9.18. The van der Waals surface area contributed by atoms with Gasteiger partial charge in [-0.25, -0.2) is 9.59 Å². The number of carbonyl (C=O) groups is 2. The van der Waals surface area contributed by atoms with Crippen molar-refractivity contribution in [3.8, 4) is 0 Å². The van der Waals surface area contributed by atoms with Crippen LogP contribution in [0.5, 0.6) is 0 Å². The maximum Gasteiger partial charge on any atom is 0.342 e. The summed E-state index contributed by atoms with van der Waals surface area (Å²) in [5.74, 6) is -0.906. The molecule has 0 aliphatic carbocycles. The number of unbranched alkanes of at least 4 members (excludes halogenated alkanes) is 11. The molecule has 0 aromatic carbocycles. The predicted molar refractivity (Wildman–Crippen MR) is 100 cm³/mol. The maximum absolute atomic E-state index is 11.5. The van der Waals surface area contributed by atoms with Crippen molar-refractivity contribution >= 4 is 11.9 Å². The fraction of sp³-hybridized carbons (Fsp3) is 0.810. The molecular weight excluding hydrogens is 316 g/mol. The fourth-order valence-corrected chi connectivity index (χ4v) is 3.30. The highest BCUT2D eigenvalue weighted by Crippen LogP contribution is 2.22. The van der Waals surface area contributed by atoms with Gasteiger partial charge >= 0.3 is 11.9 Å². The van der Waals surface area contributed by atoms with Crippen molar-refractivity contribution in [2.75, 3.05) is 0 Å². The molecule has 0 saturated carbocycles. The summed E-state index contributed by atoms with van der Waals surface area (Å²) in [5.41, 5.74) is 1.08. The lowest BCUT2D eigenvalue weighted by molar-refractivity contribution is -0.151. The molecule has 1 N–H and O–H groups in total.